The molecule has 0 spiro atoms. The minimum atomic E-state index is -1.24. The van der Waals surface area contributed by atoms with Crippen molar-refractivity contribution in [3.05, 3.63) is 35.6 Å². The molecule has 1 aromatic heterocycles. The van der Waals surface area contributed by atoms with Crippen LogP contribution in [0.4, 0.5) is 0 Å². The number of carboxylic acid groups (broad SMARTS) is 2. The van der Waals surface area contributed by atoms with E-state index < -0.39 is 11.9 Å². The Morgan fingerprint density at radius 1 is 1.18 bits per heavy atom. The van der Waals surface area contributed by atoms with Crippen molar-refractivity contribution in [2.45, 2.75) is 0 Å². The number of aromatic nitrogens is 2. The molecular weight excluding hydrogens is 228 g/mol. The van der Waals surface area contributed by atoms with Gasteiger partial charge >= 0.3 is 11.9 Å². The van der Waals surface area contributed by atoms with Crippen molar-refractivity contribution in [2.24, 2.45) is 0 Å². The van der Waals surface area contributed by atoms with Crippen LogP contribution in [0, 0.1) is 0 Å². The largest absolute Gasteiger partial charge is 0.478 e. The Morgan fingerprint density at radius 3 is 2.47 bits per heavy atom. The van der Waals surface area contributed by atoms with E-state index in [1.165, 1.54) is 18.4 Å². The Labute approximate surface area is 94.3 Å². The molecule has 0 bridgehead atoms. The van der Waals surface area contributed by atoms with Gasteiger partial charge in [0.25, 0.3) is 0 Å². The van der Waals surface area contributed by atoms with Gasteiger partial charge in [-0.3, -0.25) is 0 Å². The van der Waals surface area contributed by atoms with Crippen molar-refractivity contribution in [1.82, 2.24) is 10.4 Å². The molecule has 0 aliphatic heterocycles. The maximum Gasteiger partial charge on any atom is 0.336 e. The molecule has 0 saturated heterocycles. The summed E-state index contributed by atoms with van der Waals surface area (Å²) in [5, 5.41) is 24.6. The molecule has 0 radical (unpaired) electrons. The molecule has 0 fully saturated rings. The molecular formula is C10H6N2O5. The minimum absolute atomic E-state index is 0.109. The van der Waals surface area contributed by atoms with Crippen molar-refractivity contribution in [3.8, 4) is 11.3 Å². The second-order valence-electron chi connectivity index (χ2n) is 3.16. The maximum atomic E-state index is 11.0. The molecule has 0 atom stereocenters. The van der Waals surface area contributed by atoms with Crippen molar-refractivity contribution in [2.75, 3.05) is 0 Å². The summed E-state index contributed by atoms with van der Waals surface area (Å²) in [4.78, 5) is 21.8. The highest BCUT2D eigenvalue weighted by Gasteiger charge is 2.17. The fourth-order valence-corrected chi connectivity index (χ4v) is 1.36. The Morgan fingerprint density at radius 2 is 1.94 bits per heavy atom. The highest BCUT2D eigenvalue weighted by Crippen LogP contribution is 2.22. The van der Waals surface area contributed by atoms with Crippen molar-refractivity contribution >= 4 is 11.9 Å². The monoisotopic (exact) mass is 234 g/mol. The van der Waals surface area contributed by atoms with Crippen molar-refractivity contribution < 1.29 is 24.3 Å². The van der Waals surface area contributed by atoms with Crippen LogP contribution in [-0.2, 0) is 0 Å². The topological polar surface area (TPSA) is 114 Å². The number of benzene rings is 1. The number of carbonyl (C=O) groups is 2. The molecule has 2 N–H and O–H groups in total. The zero-order valence-corrected chi connectivity index (χ0v) is 8.32. The van der Waals surface area contributed by atoms with Crippen molar-refractivity contribution in [3.63, 3.8) is 0 Å². The van der Waals surface area contributed by atoms with Crippen LogP contribution in [0.2, 0.25) is 0 Å². The summed E-state index contributed by atoms with van der Waals surface area (Å²) in [6, 6.07) is 3.71. The lowest BCUT2D eigenvalue weighted by atomic mass is 10.0. The second-order valence-corrected chi connectivity index (χ2v) is 3.16. The van der Waals surface area contributed by atoms with Crippen molar-refractivity contribution in [1.29, 1.82) is 0 Å². The molecule has 2 aromatic rings. The van der Waals surface area contributed by atoms with E-state index in [-0.39, 0.29) is 22.4 Å². The van der Waals surface area contributed by atoms with Gasteiger partial charge in [0.1, 0.15) is 5.69 Å². The molecule has 0 saturated carbocycles. The first-order valence-electron chi connectivity index (χ1n) is 4.47. The first-order chi connectivity index (χ1) is 8.09. The molecule has 0 unspecified atom stereocenters. The van der Waals surface area contributed by atoms with Crippen LogP contribution >= 0.6 is 0 Å². The second kappa shape index (κ2) is 4.05. The van der Waals surface area contributed by atoms with Gasteiger partial charge < -0.3 is 14.7 Å². The number of rotatable bonds is 3. The van der Waals surface area contributed by atoms with Gasteiger partial charge in [-0.1, -0.05) is 6.07 Å². The first-order valence-corrected chi connectivity index (χ1v) is 4.47. The highest BCUT2D eigenvalue weighted by atomic mass is 16.5. The highest BCUT2D eigenvalue weighted by molar-refractivity contribution is 5.99. The van der Waals surface area contributed by atoms with E-state index in [0.717, 1.165) is 6.07 Å². The Bertz CT molecular complexity index is 576. The summed E-state index contributed by atoms with van der Waals surface area (Å²) in [6.07, 6.45) is 1.18. The summed E-state index contributed by atoms with van der Waals surface area (Å²) < 4.78 is 4.51. The zero-order chi connectivity index (χ0) is 12.4. The maximum absolute atomic E-state index is 11.0. The molecule has 0 aliphatic carbocycles. The predicted octanol–water partition coefficient (Wildman–Crippen LogP) is 1.13. The summed E-state index contributed by atoms with van der Waals surface area (Å²) >= 11 is 0. The number of hydrogen-bond acceptors (Lipinski definition) is 5. The molecule has 7 heteroatoms. The van der Waals surface area contributed by atoms with Gasteiger partial charge in [0.15, 0.2) is 6.26 Å². The Kier molecular flexibility index (Phi) is 2.57. The number of hydrogen-bond donors (Lipinski definition) is 2. The average Bonchev–Trinajstić information content (AvgIpc) is 2.81. The van der Waals surface area contributed by atoms with E-state index >= 15 is 0 Å². The number of nitrogens with zero attached hydrogens (tertiary/aromatic N) is 2. The summed E-state index contributed by atoms with van der Waals surface area (Å²) in [7, 11) is 0. The van der Waals surface area contributed by atoms with E-state index in [9.17, 15) is 9.59 Å². The fourth-order valence-electron chi connectivity index (χ4n) is 1.36. The molecule has 2 rings (SSSR count). The lowest BCUT2D eigenvalue weighted by Gasteiger charge is -2.03. The third-order valence-electron chi connectivity index (χ3n) is 2.13. The van der Waals surface area contributed by atoms with Crippen LogP contribution in [-0.4, -0.2) is 32.5 Å². The van der Waals surface area contributed by atoms with E-state index in [2.05, 4.69) is 14.9 Å². The smallest absolute Gasteiger partial charge is 0.336 e. The van der Waals surface area contributed by atoms with Gasteiger partial charge in [0.05, 0.1) is 11.1 Å². The van der Waals surface area contributed by atoms with Gasteiger partial charge in [-0.25, -0.2) is 9.59 Å². The van der Waals surface area contributed by atoms with Crippen LogP contribution in [0.5, 0.6) is 0 Å². The molecule has 1 heterocycles. The fraction of sp³-hybridized carbons (Fsp3) is 0. The third kappa shape index (κ3) is 1.98. The molecule has 1 aromatic carbocycles. The van der Waals surface area contributed by atoms with Crippen LogP contribution < -0.4 is 0 Å². The summed E-state index contributed by atoms with van der Waals surface area (Å²) in [6.45, 7) is 0. The molecule has 0 aliphatic rings. The minimum Gasteiger partial charge on any atom is -0.478 e. The Balaban J connectivity index is 2.61. The number of carboxylic acids is 2. The van der Waals surface area contributed by atoms with Gasteiger partial charge in [-0.2, -0.15) is 0 Å². The van der Waals surface area contributed by atoms with E-state index in [4.69, 9.17) is 10.2 Å². The molecule has 86 valence electrons. The van der Waals surface area contributed by atoms with Gasteiger partial charge in [0, 0.05) is 10.8 Å². The predicted molar refractivity (Wildman–Crippen MR) is 53.7 cm³/mol. The summed E-state index contributed by atoms with van der Waals surface area (Å²) in [5.41, 5.74) is 0.214. The molecule has 0 amide bonds. The van der Waals surface area contributed by atoms with Crippen LogP contribution in [0.3, 0.4) is 0 Å². The van der Waals surface area contributed by atoms with E-state index in [0.29, 0.717) is 0 Å². The summed E-state index contributed by atoms with van der Waals surface area (Å²) in [5.74, 6) is -2.44. The lowest BCUT2D eigenvalue weighted by molar-refractivity contribution is 0.0696. The SMILES string of the molecule is O=C(O)c1ccc(-c2conn2)c(C(=O)O)c1. The zero-order valence-electron chi connectivity index (χ0n) is 8.32. The standard InChI is InChI=1S/C10H6N2O5/c13-9(14)5-1-2-6(7(3-5)10(15)16)8-4-17-12-11-8/h1-4H,(H,13,14)(H,15,16). The van der Waals surface area contributed by atoms with Crippen LogP contribution in [0.25, 0.3) is 11.3 Å². The van der Waals surface area contributed by atoms with Gasteiger partial charge in [0.2, 0.25) is 0 Å². The Hall–Kier alpha value is -2.70. The normalized spacial score (nSPS) is 10.1. The molecule has 7 nitrogen and oxygen atoms in total. The lowest BCUT2D eigenvalue weighted by Crippen LogP contribution is -2.04. The van der Waals surface area contributed by atoms with Crippen LogP contribution in [0.15, 0.2) is 29.0 Å². The third-order valence-corrected chi connectivity index (χ3v) is 2.13. The quantitative estimate of drug-likeness (QED) is 0.818. The number of aromatic carboxylic acids is 2. The van der Waals surface area contributed by atoms with Gasteiger partial charge in [-0.15, -0.1) is 5.10 Å². The van der Waals surface area contributed by atoms with Crippen LogP contribution in [0.1, 0.15) is 20.7 Å². The molecule has 17 heavy (non-hydrogen) atoms. The van der Waals surface area contributed by atoms with Gasteiger partial charge in [-0.05, 0) is 12.1 Å². The average molecular weight is 234 g/mol. The van der Waals surface area contributed by atoms with E-state index in [1.807, 2.05) is 0 Å². The van der Waals surface area contributed by atoms with E-state index in [1.54, 1.807) is 0 Å². The first kappa shape index (κ1) is 10.8.